The van der Waals surface area contributed by atoms with Gasteiger partial charge >= 0.3 is 0 Å². The monoisotopic (exact) mass is 281 g/mol. The molecule has 0 bridgehead atoms. The predicted molar refractivity (Wildman–Crippen MR) is 78.2 cm³/mol. The number of carbonyl (C=O) groups excluding carboxylic acids is 1. The summed E-state index contributed by atoms with van der Waals surface area (Å²) in [4.78, 5) is 11.4. The van der Waals surface area contributed by atoms with E-state index in [1.165, 1.54) is 19.4 Å². The van der Waals surface area contributed by atoms with Crippen LogP contribution in [0.25, 0.3) is 0 Å². The van der Waals surface area contributed by atoms with E-state index in [0.29, 0.717) is 6.54 Å². The van der Waals surface area contributed by atoms with Crippen LogP contribution >= 0.6 is 12.2 Å². The van der Waals surface area contributed by atoms with Crippen LogP contribution in [0.5, 0.6) is 0 Å². The van der Waals surface area contributed by atoms with Gasteiger partial charge in [-0.2, -0.15) is 0 Å². The van der Waals surface area contributed by atoms with Crippen LogP contribution in [0, 0.1) is 6.92 Å². The van der Waals surface area contributed by atoms with E-state index in [2.05, 4.69) is 16.2 Å². The molecule has 1 rings (SSSR count). The van der Waals surface area contributed by atoms with E-state index in [1.807, 2.05) is 31.2 Å². The SMILES string of the molecule is Cc1ccc(CNC(=S)NNC(=O)C(C)(C)O)cc1. The molecule has 0 heterocycles. The number of carbonyl (C=O) groups is 1. The highest BCUT2D eigenvalue weighted by Gasteiger charge is 2.23. The van der Waals surface area contributed by atoms with Crippen molar-refractivity contribution in [2.24, 2.45) is 0 Å². The normalized spacial score (nSPS) is 10.7. The molecule has 19 heavy (non-hydrogen) atoms. The van der Waals surface area contributed by atoms with Crippen molar-refractivity contribution in [3.05, 3.63) is 35.4 Å². The summed E-state index contributed by atoms with van der Waals surface area (Å²) in [5, 5.41) is 12.7. The fourth-order valence-corrected chi connectivity index (χ4v) is 1.32. The van der Waals surface area contributed by atoms with Gasteiger partial charge in [-0.1, -0.05) is 29.8 Å². The molecule has 0 aromatic heterocycles. The number of hydrogen-bond acceptors (Lipinski definition) is 3. The summed E-state index contributed by atoms with van der Waals surface area (Å²) in [5.41, 5.74) is 5.69. The maximum Gasteiger partial charge on any atom is 0.269 e. The maximum atomic E-state index is 11.4. The van der Waals surface area contributed by atoms with Crippen LogP contribution in [0.2, 0.25) is 0 Å². The number of aryl methyl sites for hydroxylation is 1. The molecule has 0 saturated heterocycles. The van der Waals surface area contributed by atoms with E-state index in [9.17, 15) is 9.90 Å². The summed E-state index contributed by atoms with van der Waals surface area (Å²) < 4.78 is 0. The largest absolute Gasteiger partial charge is 0.381 e. The minimum atomic E-state index is -1.44. The van der Waals surface area contributed by atoms with Crippen LogP contribution < -0.4 is 16.2 Å². The van der Waals surface area contributed by atoms with Crippen LogP contribution in [-0.4, -0.2) is 21.7 Å². The molecule has 1 aromatic carbocycles. The van der Waals surface area contributed by atoms with Crippen molar-refractivity contribution in [2.75, 3.05) is 0 Å². The fraction of sp³-hybridized carbons (Fsp3) is 0.385. The van der Waals surface area contributed by atoms with Crippen molar-refractivity contribution >= 4 is 23.2 Å². The first-order valence-electron chi connectivity index (χ1n) is 5.91. The lowest BCUT2D eigenvalue weighted by atomic mass is 10.1. The third-order valence-electron chi connectivity index (χ3n) is 2.42. The minimum absolute atomic E-state index is 0.290. The number of nitrogens with one attached hydrogen (secondary N) is 3. The molecule has 5 nitrogen and oxygen atoms in total. The average molecular weight is 281 g/mol. The summed E-state index contributed by atoms with van der Waals surface area (Å²) in [6.45, 7) is 5.37. The standard InChI is InChI=1S/C13H19N3O2S/c1-9-4-6-10(7-5-9)8-14-12(19)16-15-11(17)13(2,3)18/h4-7,18H,8H2,1-3H3,(H,15,17)(H2,14,16,19). The lowest BCUT2D eigenvalue weighted by Crippen LogP contribution is -2.52. The second kappa shape index (κ2) is 6.49. The summed E-state index contributed by atoms with van der Waals surface area (Å²) in [6, 6.07) is 8.04. The van der Waals surface area contributed by atoms with Crippen LogP contribution in [0.3, 0.4) is 0 Å². The van der Waals surface area contributed by atoms with Crippen LogP contribution in [0.1, 0.15) is 25.0 Å². The molecule has 1 aromatic rings. The van der Waals surface area contributed by atoms with Gasteiger partial charge in [0.1, 0.15) is 5.60 Å². The Bertz CT molecular complexity index is 452. The fourth-order valence-electron chi connectivity index (χ4n) is 1.20. The van der Waals surface area contributed by atoms with Gasteiger partial charge in [0.05, 0.1) is 0 Å². The van der Waals surface area contributed by atoms with Crippen LogP contribution in [0.4, 0.5) is 0 Å². The highest BCUT2D eigenvalue weighted by Crippen LogP contribution is 2.02. The molecule has 0 aliphatic heterocycles. The third-order valence-corrected chi connectivity index (χ3v) is 2.67. The first-order chi connectivity index (χ1) is 8.79. The number of hydrogen-bond donors (Lipinski definition) is 4. The van der Waals surface area contributed by atoms with Gasteiger partial charge in [0.25, 0.3) is 5.91 Å². The zero-order valence-electron chi connectivity index (χ0n) is 11.3. The minimum Gasteiger partial charge on any atom is -0.381 e. The maximum absolute atomic E-state index is 11.4. The number of aliphatic hydroxyl groups is 1. The van der Waals surface area contributed by atoms with Gasteiger partial charge in [0.2, 0.25) is 0 Å². The van der Waals surface area contributed by atoms with Crippen LogP contribution in [0.15, 0.2) is 24.3 Å². The Hall–Kier alpha value is -1.66. The highest BCUT2D eigenvalue weighted by molar-refractivity contribution is 7.80. The zero-order valence-corrected chi connectivity index (χ0v) is 12.1. The molecule has 0 aliphatic rings. The molecular formula is C13H19N3O2S. The number of benzene rings is 1. The van der Waals surface area contributed by atoms with E-state index in [1.54, 1.807) is 0 Å². The van der Waals surface area contributed by atoms with Gasteiger partial charge in [-0.25, -0.2) is 0 Å². The molecule has 4 N–H and O–H groups in total. The lowest BCUT2D eigenvalue weighted by molar-refractivity contribution is -0.137. The molecule has 0 fully saturated rings. The Kier molecular flexibility index (Phi) is 5.26. The Labute approximate surface area is 118 Å². The second-order valence-corrected chi connectivity index (χ2v) is 5.21. The molecule has 0 aliphatic carbocycles. The lowest BCUT2D eigenvalue weighted by Gasteiger charge is -2.18. The molecular weight excluding hydrogens is 262 g/mol. The number of rotatable bonds is 3. The Morgan fingerprint density at radius 2 is 1.84 bits per heavy atom. The van der Waals surface area contributed by atoms with Crippen LogP contribution in [-0.2, 0) is 11.3 Å². The zero-order chi connectivity index (χ0) is 14.5. The van der Waals surface area contributed by atoms with Crippen molar-refractivity contribution in [3.63, 3.8) is 0 Å². The average Bonchev–Trinajstić information content (AvgIpc) is 2.34. The summed E-state index contributed by atoms with van der Waals surface area (Å²) in [6.07, 6.45) is 0. The van der Waals surface area contributed by atoms with Gasteiger partial charge < -0.3 is 10.4 Å². The quantitative estimate of drug-likeness (QED) is 0.486. The smallest absolute Gasteiger partial charge is 0.269 e. The predicted octanol–water partition coefficient (Wildman–Crippen LogP) is 0.761. The van der Waals surface area contributed by atoms with Gasteiger partial charge in [-0.15, -0.1) is 0 Å². The Balaban J connectivity index is 2.32. The molecule has 0 radical (unpaired) electrons. The number of amides is 1. The molecule has 0 atom stereocenters. The number of thiocarbonyl (C=S) groups is 1. The molecule has 104 valence electrons. The first kappa shape index (κ1) is 15.4. The molecule has 6 heteroatoms. The Morgan fingerprint density at radius 1 is 1.26 bits per heavy atom. The first-order valence-corrected chi connectivity index (χ1v) is 6.32. The summed E-state index contributed by atoms with van der Waals surface area (Å²) >= 11 is 5.00. The third kappa shape index (κ3) is 5.67. The van der Waals surface area contributed by atoms with E-state index in [-0.39, 0.29) is 5.11 Å². The van der Waals surface area contributed by atoms with E-state index in [0.717, 1.165) is 5.56 Å². The van der Waals surface area contributed by atoms with E-state index < -0.39 is 11.5 Å². The topological polar surface area (TPSA) is 73.4 Å². The van der Waals surface area contributed by atoms with Gasteiger partial charge in [0, 0.05) is 6.54 Å². The Morgan fingerprint density at radius 3 is 2.37 bits per heavy atom. The van der Waals surface area contributed by atoms with Crippen molar-refractivity contribution in [2.45, 2.75) is 32.9 Å². The highest BCUT2D eigenvalue weighted by atomic mass is 32.1. The molecule has 0 saturated carbocycles. The summed E-state index contributed by atoms with van der Waals surface area (Å²) in [5.74, 6) is -0.549. The van der Waals surface area contributed by atoms with Crippen molar-refractivity contribution < 1.29 is 9.90 Å². The van der Waals surface area contributed by atoms with Crippen molar-refractivity contribution in [1.29, 1.82) is 0 Å². The molecule has 1 amide bonds. The summed E-state index contributed by atoms with van der Waals surface area (Å²) in [7, 11) is 0. The number of hydrazine groups is 1. The van der Waals surface area contributed by atoms with Gasteiger partial charge in [0.15, 0.2) is 5.11 Å². The van der Waals surface area contributed by atoms with E-state index in [4.69, 9.17) is 12.2 Å². The van der Waals surface area contributed by atoms with Gasteiger partial charge in [-0.3, -0.25) is 15.6 Å². The molecule has 0 spiro atoms. The van der Waals surface area contributed by atoms with E-state index >= 15 is 0 Å². The van der Waals surface area contributed by atoms with Gasteiger partial charge in [-0.05, 0) is 38.6 Å². The van der Waals surface area contributed by atoms with Crippen molar-refractivity contribution in [3.8, 4) is 0 Å². The van der Waals surface area contributed by atoms with Crippen molar-refractivity contribution in [1.82, 2.24) is 16.2 Å². The molecule has 0 unspecified atom stereocenters. The second-order valence-electron chi connectivity index (χ2n) is 4.81.